The maximum absolute atomic E-state index is 12.1. The minimum absolute atomic E-state index is 0.0665. The van der Waals surface area contributed by atoms with Gasteiger partial charge < -0.3 is 19.1 Å². The fourth-order valence-corrected chi connectivity index (χ4v) is 2.04. The minimum atomic E-state index is -0.688. The first-order chi connectivity index (χ1) is 10.7. The summed E-state index contributed by atoms with van der Waals surface area (Å²) >= 11 is 0. The number of carbonyl (C=O) groups excluding carboxylic acids is 2. The summed E-state index contributed by atoms with van der Waals surface area (Å²) in [5.41, 5.74) is -0.0610. The molecule has 8 nitrogen and oxygen atoms in total. The summed E-state index contributed by atoms with van der Waals surface area (Å²) in [4.78, 5) is 25.9. The van der Waals surface area contributed by atoms with Crippen molar-refractivity contribution in [2.45, 2.75) is 13.8 Å². The van der Waals surface area contributed by atoms with Gasteiger partial charge in [0, 0.05) is 13.1 Å². The molecule has 1 aromatic heterocycles. The predicted molar refractivity (Wildman–Crippen MR) is 77.0 cm³/mol. The highest BCUT2D eigenvalue weighted by Crippen LogP contribution is 2.17. The number of morpholine rings is 1. The van der Waals surface area contributed by atoms with Gasteiger partial charge in [0.15, 0.2) is 11.5 Å². The number of aromatic nitrogens is 2. The lowest BCUT2D eigenvalue weighted by atomic mass is 10.2. The van der Waals surface area contributed by atoms with Crippen LogP contribution in [0.3, 0.4) is 0 Å². The van der Waals surface area contributed by atoms with Gasteiger partial charge in [-0.25, -0.2) is 9.59 Å². The van der Waals surface area contributed by atoms with Crippen LogP contribution in [-0.4, -0.2) is 61.7 Å². The van der Waals surface area contributed by atoms with Crippen molar-refractivity contribution in [3.8, 4) is 0 Å². The van der Waals surface area contributed by atoms with Crippen LogP contribution < -0.4 is 4.90 Å². The van der Waals surface area contributed by atoms with Crippen molar-refractivity contribution < 1.29 is 23.8 Å². The lowest BCUT2D eigenvalue weighted by Gasteiger charge is -2.27. The molecule has 0 radical (unpaired) electrons. The zero-order valence-corrected chi connectivity index (χ0v) is 12.7. The standard InChI is InChI=1S/C14H19N3O5/c1-3-21-13(18)10-9-11(17-5-7-20-8-6-17)15-16-12(10)14(19)22-4-2/h9H,3-8H2,1-2H3. The molecule has 2 heterocycles. The SMILES string of the molecule is CCOC(=O)c1cc(N2CCOCC2)nnc1C(=O)OCC. The fourth-order valence-electron chi connectivity index (χ4n) is 2.04. The maximum atomic E-state index is 12.1. The van der Waals surface area contributed by atoms with Crippen molar-refractivity contribution in [1.82, 2.24) is 10.2 Å². The van der Waals surface area contributed by atoms with Crippen molar-refractivity contribution in [3.63, 3.8) is 0 Å². The highest BCUT2D eigenvalue weighted by Gasteiger charge is 2.24. The molecular weight excluding hydrogens is 290 g/mol. The number of rotatable bonds is 5. The van der Waals surface area contributed by atoms with Crippen LogP contribution in [0.4, 0.5) is 5.82 Å². The molecule has 0 unspecified atom stereocenters. The van der Waals surface area contributed by atoms with E-state index in [-0.39, 0.29) is 24.5 Å². The Morgan fingerprint density at radius 2 is 1.77 bits per heavy atom. The van der Waals surface area contributed by atoms with E-state index in [2.05, 4.69) is 10.2 Å². The Hall–Kier alpha value is -2.22. The van der Waals surface area contributed by atoms with Gasteiger partial charge in [0.2, 0.25) is 0 Å². The molecule has 0 aromatic carbocycles. The number of esters is 2. The summed E-state index contributed by atoms with van der Waals surface area (Å²) < 4.78 is 15.2. The number of ether oxygens (including phenoxy) is 3. The fraction of sp³-hybridized carbons (Fsp3) is 0.571. The van der Waals surface area contributed by atoms with E-state index in [9.17, 15) is 9.59 Å². The Balaban J connectivity index is 2.33. The number of carbonyl (C=O) groups is 2. The zero-order chi connectivity index (χ0) is 15.9. The number of anilines is 1. The normalized spacial score (nSPS) is 14.5. The highest BCUT2D eigenvalue weighted by molar-refractivity contribution is 6.02. The van der Waals surface area contributed by atoms with Crippen molar-refractivity contribution in [1.29, 1.82) is 0 Å². The van der Waals surface area contributed by atoms with E-state index in [4.69, 9.17) is 14.2 Å². The first-order valence-corrected chi connectivity index (χ1v) is 7.22. The van der Waals surface area contributed by atoms with E-state index >= 15 is 0 Å². The topological polar surface area (TPSA) is 90.9 Å². The number of hydrogen-bond acceptors (Lipinski definition) is 8. The third-order valence-corrected chi connectivity index (χ3v) is 3.08. The lowest BCUT2D eigenvalue weighted by molar-refractivity contribution is 0.0472. The van der Waals surface area contributed by atoms with Gasteiger partial charge in [-0.2, -0.15) is 0 Å². The summed E-state index contributed by atoms with van der Waals surface area (Å²) in [5, 5.41) is 7.89. The van der Waals surface area contributed by atoms with Crippen LogP contribution in [0.25, 0.3) is 0 Å². The highest BCUT2D eigenvalue weighted by atomic mass is 16.5. The van der Waals surface area contributed by atoms with E-state index in [0.717, 1.165) is 0 Å². The van der Waals surface area contributed by atoms with Gasteiger partial charge in [0.1, 0.15) is 0 Å². The largest absolute Gasteiger partial charge is 0.462 e. The van der Waals surface area contributed by atoms with Crippen molar-refractivity contribution in [2.75, 3.05) is 44.4 Å². The van der Waals surface area contributed by atoms with E-state index < -0.39 is 11.9 Å². The van der Waals surface area contributed by atoms with Gasteiger partial charge in [0.05, 0.1) is 32.0 Å². The molecule has 1 aromatic rings. The van der Waals surface area contributed by atoms with Crippen LogP contribution in [0, 0.1) is 0 Å². The average Bonchev–Trinajstić information content (AvgIpc) is 2.55. The van der Waals surface area contributed by atoms with Crippen LogP contribution >= 0.6 is 0 Å². The molecule has 0 N–H and O–H groups in total. The van der Waals surface area contributed by atoms with Crippen molar-refractivity contribution in [3.05, 3.63) is 17.3 Å². The summed E-state index contributed by atoms with van der Waals surface area (Å²) in [6, 6.07) is 1.52. The average molecular weight is 309 g/mol. The molecule has 0 amide bonds. The second-order valence-corrected chi connectivity index (χ2v) is 4.51. The molecule has 0 aliphatic carbocycles. The zero-order valence-electron chi connectivity index (χ0n) is 12.7. The van der Waals surface area contributed by atoms with Crippen LogP contribution in [0.5, 0.6) is 0 Å². The van der Waals surface area contributed by atoms with E-state index in [1.54, 1.807) is 13.8 Å². The van der Waals surface area contributed by atoms with Crippen molar-refractivity contribution >= 4 is 17.8 Å². The molecule has 0 bridgehead atoms. The molecule has 22 heavy (non-hydrogen) atoms. The van der Waals surface area contributed by atoms with E-state index in [1.807, 2.05) is 4.90 Å². The van der Waals surface area contributed by atoms with Gasteiger partial charge in [-0.1, -0.05) is 0 Å². The van der Waals surface area contributed by atoms with Gasteiger partial charge >= 0.3 is 11.9 Å². The smallest absolute Gasteiger partial charge is 0.359 e. The van der Waals surface area contributed by atoms with Crippen LogP contribution in [0.2, 0.25) is 0 Å². The summed E-state index contributed by atoms with van der Waals surface area (Å²) in [5.74, 6) is -0.791. The van der Waals surface area contributed by atoms with Gasteiger partial charge in [-0.15, -0.1) is 10.2 Å². The molecule has 1 aliphatic heterocycles. The van der Waals surface area contributed by atoms with Gasteiger partial charge in [0.25, 0.3) is 0 Å². The van der Waals surface area contributed by atoms with Crippen molar-refractivity contribution in [2.24, 2.45) is 0 Å². The molecule has 2 rings (SSSR count). The lowest BCUT2D eigenvalue weighted by Crippen LogP contribution is -2.37. The molecule has 120 valence electrons. The molecule has 0 saturated carbocycles. The Morgan fingerprint density at radius 1 is 1.14 bits per heavy atom. The molecular formula is C14H19N3O5. The Labute approximate surface area is 128 Å². The summed E-state index contributed by atoms with van der Waals surface area (Å²) in [6.07, 6.45) is 0. The summed E-state index contributed by atoms with van der Waals surface area (Å²) in [6.45, 7) is 6.22. The van der Waals surface area contributed by atoms with E-state index in [1.165, 1.54) is 6.07 Å². The quantitative estimate of drug-likeness (QED) is 0.733. The number of nitrogens with zero attached hydrogens (tertiary/aromatic N) is 3. The summed E-state index contributed by atoms with van der Waals surface area (Å²) in [7, 11) is 0. The Morgan fingerprint density at radius 3 is 2.41 bits per heavy atom. The number of hydrogen-bond donors (Lipinski definition) is 0. The monoisotopic (exact) mass is 309 g/mol. The second kappa shape index (κ2) is 7.69. The Kier molecular flexibility index (Phi) is 5.65. The first kappa shape index (κ1) is 16.2. The van der Waals surface area contributed by atoms with Gasteiger partial charge in [-0.3, -0.25) is 0 Å². The van der Waals surface area contributed by atoms with E-state index in [0.29, 0.717) is 32.1 Å². The molecule has 0 atom stereocenters. The Bertz CT molecular complexity index is 543. The maximum Gasteiger partial charge on any atom is 0.359 e. The van der Waals surface area contributed by atoms with Crippen LogP contribution in [-0.2, 0) is 14.2 Å². The molecule has 0 spiro atoms. The van der Waals surface area contributed by atoms with Crippen LogP contribution in [0.1, 0.15) is 34.7 Å². The second-order valence-electron chi connectivity index (χ2n) is 4.51. The molecule has 1 saturated heterocycles. The molecule has 8 heteroatoms. The predicted octanol–water partition coefficient (Wildman–Crippen LogP) is 0.667. The third kappa shape index (κ3) is 3.70. The molecule has 1 aliphatic rings. The van der Waals surface area contributed by atoms with Gasteiger partial charge in [-0.05, 0) is 19.9 Å². The first-order valence-electron chi connectivity index (χ1n) is 7.22. The van der Waals surface area contributed by atoms with Crippen LogP contribution in [0.15, 0.2) is 6.07 Å². The molecule has 1 fully saturated rings. The minimum Gasteiger partial charge on any atom is -0.462 e. The third-order valence-electron chi connectivity index (χ3n) is 3.08.